The summed E-state index contributed by atoms with van der Waals surface area (Å²) in [6.45, 7) is 5.00. The van der Waals surface area contributed by atoms with Gasteiger partial charge in [-0.05, 0) is 26.0 Å². The molecule has 6 heteroatoms. The second kappa shape index (κ2) is 13.5. The van der Waals surface area contributed by atoms with E-state index in [2.05, 4.69) is 56.3 Å². The minimum Gasteiger partial charge on any atom is -0.748 e. The van der Waals surface area contributed by atoms with Crippen LogP contribution in [0.2, 0.25) is 0 Å². The Kier molecular flexibility index (Phi) is 10.4. The van der Waals surface area contributed by atoms with Crippen molar-refractivity contribution in [1.82, 2.24) is 0 Å². The van der Waals surface area contributed by atoms with Gasteiger partial charge in [-0.2, -0.15) is 12.1 Å². The van der Waals surface area contributed by atoms with Crippen molar-refractivity contribution in [2.45, 2.75) is 19.9 Å². The molecule has 1 unspecified atom stereocenters. The maximum atomic E-state index is 6.04. The third-order valence-corrected chi connectivity index (χ3v) is 8.49. The van der Waals surface area contributed by atoms with Crippen LogP contribution >= 0.6 is 7.92 Å². The zero-order valence-electron chi connectivity index (χ0n) is 21.1. The van der Waals surface area contributed by atoms with Gasteiger partial charge in [-0.15, -0.1) is 6.07 Å². The number of hydrogen-bond donors (Lipinski definition) is 0. The molecule has 0 spiro atoms. The Bertz CT molecular complexity index is 1170. The molecule has 194 valence electrons. The van der Waals surface area contributed by atoms with E-state index >= 15 is 0 Å². The molecule has 1 atom stereocenters. The molecule has 1 heterocycles. The molecule has 1 aliphatic rings. The van der Waals surface area contributed by atoms with E-state index in [4.69, 9.17) is 19.2 Å². The molecule has 0 amide bonds. The molecule has 0 saturated heterocycles. The van der Waals surface area contributed by atoms with Gasteiger partial charge >= 0.3 is 0 Å². The first-order chi connectivity index (χ1) is 17.1. The standard InChI is InChI=1S/C25H27NO3P.C5H5.Fe/c1-17(2)19-16-29-25(26-19)18-10-9-15-22(18)30(23-13-7-5-11-20(23)27-3)24-14-8-6-12-21(24)28-4;1-2-4-5-3-1;/h5-15,17,19H,16H2,1-4H3;1-5H;/q-1;-5;. The Morgan fingerprint density at radius 1 is 0.861 bits per heavy atom. The Labute approximate surface area is 226 Å². The van der Waals surface area contributed by atoms with Crippen molar-refractivity contribution >= 4 is 29.7 Å². The molecule has 0 saturated carbocycles. The second-order valence-electron chi connectivity index (χ2n) is 8.52. The molecule has 4 aromatic carbocycles. The monoisotopic (exact) mass is 541 g/mol. The first-order valence-electron chi connectivity index (χ1n) is 11.8. The van der Waals surface area contributed by atoms with Gasteiger partial charge in [0.05, 0.1) is 26.9 Å². The van der Waals surface area contributed by atoms with Crippen molar-refractivity contribution in [3.63, 3.8) is 0 Å². The summed E-state index contributed by atoms with van der Waals surface area (Å²) in [6, 6.07) is 33.0. The molecule has 0 fully saturated rings. The van der Waals surface area contributed by atoms with Gasteiger partial charge in [0.15, 0.2) is 0 Å². The SMILES string of the molecule is COc1ccccc1P(c1ccccc1OC)[c-]1cccc1C1=NC(C(C)C)CO1.[Fe].[cH-]1[cH-][cH-][cH-][cH-]1. The summed E-state index contributed by atoms with van der Waals surface area (Å²) in [7, 11) is 2.50. The summed E-state index contributed by atoms with van der Waals surface area (Å²) in [6.07, 6.45) is 0. The molecule has 4 aromatic rings. The van der Waals surface area contributed by atoms with Crippen LogP contribution in [0.5, 0.6) is 11.5 Å². The molecule has 36 heavy (non-hydrogen) atoms. The average Bonchev–Trinajstić information content (AvgIpc) is 3.68. The Hall–Kier alpha value is -2.84. The van der Waals surface area contributed by atoms with Gasteiger partial charge in [0.25, 0.3) is 0 Å². The zero-order chi connectivity index (χ0) is 24.6. The number of para-hydroxylation sites is 2. The van der Waals surface area contributed by atoms with Gasteiger partial charge in [-0.25, -0.2) is 0 Å². The fourth-order valence-corrected chi connectivity index (χ4v) is 6.67. The average molecular weight is 541 g/mol. The summed E-state index contributed by atoms with van der Waals surface area (Å²) in [5.41, 5.74) is 1.06. The predicted molar refractivity (Wildman–Crippen MR) is 147 cm³/mol. The van der Waals surface area contributed by atoms with Crippen LogP contribution < -0.4 is 25.4 Å². The van der Waals surface area contributed by atoms with E-state index in [-0.39, 0.29) is 23.1 Å². The number of methoxy groups -OCH3 is 2. The van der Waals surface area contributed by atoms with Gasteiger partial charge in [0.1, 0.15) is 17.4 Å². The van der Waals surface area contributed by atoms with E-state index in [0.717, 1.165) is 33.6 Å². The van der Waals surface area contributed by atoms with Crippen molar-refractivity contribution < 1.29 is 31.3 Å². The second-order valence-corrected chi connectivity index (χ2v) is 10.6. The third-order valence-electron chi connectivity index (χ3n) is 5.92. The van der Waals surface area contributed by atoms with E-state index in [0.29, 0.717) is 12.5 Å². The number of nitrogens with zero attached hydrogens (tertiary/aromatic N) is 1. The molecular weight excluding hydrogens is 509 g/mol. The Morgan fingerprint density at radius 3 is 1.86 bits per heavy atom. The van der Waals surface area contributed by atoms with Crippen LogP contribution in [-0.2, 0) is 21.8 Å². The number of hydrogen-bond acceptors (Lipinski definition) is 4. The molecule has 0 aliphatic carbocycles. The fraction of sp³-hybridized carbons (Fsp3) is 0.233. The number of rotatable bonds is 7. The Morgan fingerprint density at radius 2 is 1.39 bits per heavy atom. The van der Waals surface area contributed by atoms with Crippen molar-refractivity contribution in [2.75, 3.05) is 20.8 Å². The number of aliphatic imine (C=N–C) groups is 1. The quantitative estimate of drug-likeness (QED) is 0.179. The van der Waals surface area contributed by atoms with Crippen LogP contribution in [0.25, 0.3) is 0 Å². The summed E-state index contributed by atoms with van der Waals surface area (Å²) in [4.78, 5) is 4.89. The van der Waals surface area contributed by atoms with Crippen LogP contribution in [0.15, 0.2) is 102 Å². The summed E-state index contributed by atoms with van der Waals surface area (Å²) in [5, 5.41) is 3.49. The molecular formula is C30H32FeNO3P-6. The molecule has 0 radical (unpaired) electrons. The normalized spacial score (nSPS) is 14.4. The summed E-state index contributed by atoms with van der Waals surface area (Å²) < 4.78 is 17.5. The van der Waals surface area contributed by atoms with Crippen LogP contribution in [-0.4, -0.2) is 32.8 Å². The van der Waals surface area contributed by atoms with Crippen molar-refractivity contribution in [2.24, 2.45) is 10.9 Å². The molecule has 4 nitrogen and oxygen atoms in total. The fourth-order valence-electron chi connectivity index (χ4n) is 4.00. The molecule has 0 N–H and O–H groups in total. The van der Waals surface area contributed by atoms with E-state index in [1.165, 1.54) is 5.30 Å². The van der Waals surface area contributed by atoms with E-state index < -0.39 is 7.92 Å². The topological polar surface area (TPSA) is 40.0 Å². The minimum absolute atomic E-state index is 0. The Balaban J connectivity index is 0.000000538. The zero-order valence-corrected chi connectivity index (χ0v) is 23.1. The van der Waals surface area contributed by atoms with E-state index in [1.807, 2.05) is 54.6 Å². The van der Waals surface area contributed by atoms with E-state index in [9.17, 15) is 0 Å². The largest absolute Gasteiger partial charge is 0.748 e. The van der Waals surface area contributed by atoms with Crippen molar-refractivity contribution in [3.8, 4) is 11.5 Å². The van der Waals surface area contributed by atoms with Crippen LogP contribution in [0.1, 0.15) is 19.4 Å². The minimum atomic E-state index is -0.940. The first-order valence-corrected chi connectivity index (χ1v) is 13.2. The maximum Gasteiger partial charge on any atom is 0.130 e. The molecule has 0 bridgehead atoms. The van der Waals surface area contributed by atoms with Gasteiger partial charge < -0.3 is 44.5 Å². The van der Waals surface area contributed by atoms with Gasteiger partial charge in [0, 0.05) is 27.7 Å². The summed E-state index contributed by atoms with van der Waals surface area (Å²) >= 11 is 0. The summed E-state index contributed by atoms with van der Waals surface area (Å²) in [5.74, 6) is 2.93. The maximum absolute atomic E-state index is 6.04. The van der Waals surface area contributed by atoms with Crippen LogP contribution in [0.4, 0.5) is 0 Å². The molecule has 0 aromatic heterocycles. The van der Waals surface area contributed by atoms with Gasteiger partial charge in [0.2, 0.25) is 0 Å². The molecule has 1 aliphatic heterocycles. The van der Waals surface area contributed by atoms with Crippen molar-refractivity contribution in [3.05, 3.63) is 103 Å². The number of ether oxygens (including phenoxy) is 3. The number of benzene rings is 2. The van der Waals surface area contributed by atoms with Gasteiger partial charge in [-0.1, -0.05) is 61.1 Å². The van der Waals surface area contributed by atoms with E-state index in [1.54, 1.807) is 14.2 Å². The predicted octanol–water partition coefficient (Wildman–Crippen LogP) is 5.39. The third kappa shape index (κ3) is 6.28. The van der Waals surface area contributed by atoms with Crippen molar-refractivity contribution in [1.29, 1.82) is 0 Å². The molecule has 5 rings (SSSR count). The van der Waals surface area contributed by atoms with Crippen LogP contribution in [0, 0.1) is 5.92 Å². The van der Waals surface area contributed by atoms with Gasteiger partial charge in [-0.3, -0.25) is 4.99 Å². The first kappa shape index (κ1) is 27.7. The van der Waals surface area contributed by atoms with Crippen LogP contribution in [0.3, 0.4) is 0 Å². The smallest absolute Gasteiger partial charge is 0.130 e.